The lowest BCUT2D eigenvalue weighted by Gasteiger charge is -2.19. The van der Waals surface area contributed by atoms with E-state index in [1.807, 2.05) is 6.26 Å². The van der Waals surface area contributed by atoms with E-state index in [2.05, 4.69) is 37.4 Å². The lowest BCUT2D eigenvalue weighted by molar-refractivity contribution is 0.355. The Labute approximate surface area is 115 Å². The second-order valence-corrected chi connectivity index (χ2v) is 5.89. The van der Waals surface area contributed by atoms with Crippen LogP contribution in [0.5, 0.6) is 0 Å². The highest BCUT2D eigenvalue weighted by Gasteiger charge is 2.28. The minimum atomic E-state index is 0.726. The molecule has 1 aromatic carbocycles. The molecule has 1 N–H and O–H groups in total. The Bertz CT molecular complexity index is 557. The first-order valence-electron chi connectivity index (χ1n) is 7.48. The zero-order valence-corrected chi connectivity index (χ0v) is 11.9. The molecule has 102 valence electrons. The van der Waals surface area contributed by atoms with Crippen LogP contribution in [0.25, 0.3) is 11.0 Å². The average Bonchev–Trinajstić information content (AvgIpc) is 3.04. The summed E-state index contributed by atoms with van der Waals surface area (Å²) in [6, 6.07) is 6.55. The molecular formula is C17H23NO. The Morgan fingerprint density at radius 1 is 1.32 bits per heavy atom. The number of nitrogens with one attached hydrogen (secondary N) is 1. The molecule has 0 aliphatic heterocycles. The normalized spacial score (nSPS) is 19.8. The number of rotatable bonds is 5. The number of benzene rings is 1. The second-order valence-electron chi connectivity index (χ2n) is 5.89. The first kappa shape index (κ1) is 12.7. The van der Waals surface area contributed by atoms with Crippen LogP contribution in [0.1, 0.15) is 31.4 Å². The fraction of sp³-hybridized carbons (Fsp3) is 0.529. The predicted octanol–water partition coefficient (Wildman–Crippen LogP) is 3.78. The number of furan rings is 1. The van der Waals surface area contributed by atoms with Gasteiger partial charge in [0.05, 0.1) is 6.26 Å². The van der Waals surface area contributed by atoms with Crippen LogP contribution in [0.3, 0.4) is 0 Å². The van der Waals surface area contributed by atoms with Crippen LogP contribution < -0.4 is 5.32 Å². The van der Waals surface area contributed by atoms with E-state index in [9.17, 15) is 0 Å². The zero-order valence-electron chi connectivity index (χ0n) is 11.9. The van der Waals surface area contributed by atoms with E-state index in [0.717, 1.165) is 30.5 Å². The third-order valence-electron chi connectivity index (χ3n) is 4.47. The van der Waals surface area contributed by atoms with Gasteiger partial charge in [0.1, 0.15) is 5.58 Å². The summed E-state index contributed by atoms with van der Waals surface area (Å²) in [5, 5.41) is 4.79. The minimum Gasteiger partial charge on any atom is -0.464 e. The van der Waals surface area contributed by atoms with Crippen molar-refractivity contribution in [1.82, 2.24) is 5.32 Å². The monoisotopic (exact) mass is 257 g/mol. The van der Waals surface area contributed by atoms with E-state index in [1.165, 1.54) is 35.8 Å². The molecule has 0 radical (unpaired) electrons. The standard InChI is InChI=1S/C17H23NO/c1-3-7-18-11-12(2)15-9-14-5-4-13-6-8-19-17(13)16(14)10-15/h4-6,8,12,15,18H,3,7,9-11H2,1-2H3. The van der Waals surface area contributed by atoms with E-state index in [4.69, 9.17) is 4.42 Å². The van der Waals surface area contributed by atoms with E-state index >= 15 is 0 Å². The summed E-state index contributed by atoms with van der Waals surface area (Å²) >= 11 is 0. The highest BCUT2D eigenvalue weighted by molar-refractivity contribution is 5.82. The average molecular weight is 257 g/mol. The smallest absolute Gasteiger partial charge is 0.137 e. The molecule has 2 heteroatoms. The number of hydrogen-bond donors (Lipinski definition) is 1. The van der Waals surface area contributed by atoms with Crippen LogP contribution in [0.4, 0.5) is 0 Å². The largest absolute Gasteiger partial charge is 0.464 e. The minimum absolute atomic E-state index is 0.726. The van der Waals surface area contributed by atoms with Crippen molar-refractivity contribution < 1.29 is 4.42 Å². The first-order valence-corrected chi connectivity index (χ1v) is 7.48. The van der Waals surface area contributed by atoms with Gasteiger partial charge in [-0.2, -0.15) is 0 Å². The van der Waals surface area contributed by atoms with Crippen molar-refractivity contribution in [3.05, 3.63) is 35.6 Å². The Kier molecular flexibility index (Phi) is 3.61. The summed E-state index contributed by atoms with van der Waals surface area (Å²) in [6.45, 7) is 6.86. The predicted molar refractivity (Wildman–Crippen MR) is 79.4 cm³/mol. The fourth-order valence-electron chi connectivity index (χ4n) is 3.24. The zero-order chi connectivity index (χ0) is 13.2. The van der Waals surface area contributed by atoms with Crippen molar-refractivity contribution >= 4 is 11.0 Å². The second kappa shape index (κ2) is 5.38. The molecule has 1 aromatic heterocycles. The number of hydrogen-bond acceptors (Lipinski definition) is 2. The Hall–Kier alpha value is -1.28. The molecule has 0 amide bonds. The Morgan fingerprint density at radius 2 is 2.21 bits per heavy atom. The molecule has 0 bridgehead atoms. The van der Waals surface area contributed by atoms with Gasteiger partial charge in [0.2, 0.25) is 0 Å². The van der Waals surface area contributed by atoms with Crippen LogP contribution in [0.15, 0.2) is 28.9 Å². The summed E-state index contributed by atoms with van der Waals surface area (Å²) in [7, 11) is 0. The van der Waals surface area contributed by atoms with Gasteiger partial charge in [-0.15, -0.1) is 0 Å². The van der Waals surface area contributed by atoms with Gasteiger partial charge >= 0.3 is 0 Å². The Balaban J connectivity index is 1.72. The summed E-state index contributed by atoms with van der Waals surface area (Å²) in [5.41, 5.74) is 4.07. The molecule has 2 unspecified atom stereocenters. The molecule has 1 aliphatic rings. The number of fused-ring (bicyclic) bond motifs is 3. The van der Waals surface area contributed by atoms with E-state index in [-0.39, 0.29) is 0 Å². The van der Waals surface area contributed by atoms with Crippen molar-refractivity contribution in [2.45, 2.75) is 33.1 Å². The van der Waals surface area contributed by atoms with Crippen molar-refractivity contribution in [3.63, 3.8) is 0 Å². The van der Waals surface area contributed by atoms with Gasteiger partial charge in [-0.25, -0.2) is 0 Å². The van der Waals surface area contributed by atoms with Gasteiger partial charge in [0.15, 0.2) is 0 Å². The highest BCUT2D eigenvalue weighted by atomic mass is 16.3. The SMILES string of the molecule is CCCNCC(C)C1Cc2ccc3ccoc3c2C1. The van der Waals surface area contributed by atoms with Gasteiger partial charge in [-0.3, -0.25) is 0 Å². The van der Waals surface area contributed by atoms with Crippen LogP contribution in [0, 0.1) is 11.8 Å². The van der Waals surface area contributed by atoms with Gasteiger partial charge in [0.25, 0.3) is 0 Å². The van der Waals surface area contributed by atoms with E-state index in [1.54, 1.807) is 0 Å². The van der Waals surface area contributed by atoms with Crippen molar-refractivity contribution in [3.8, 4) is 0 Å². The lowest BCUT2D eigenvalue weighted by atomic mass is 9.91. The van der Waals surface area contributed by atoms with Crippen LogP contribution in [0.2, 0.25) is 0 Å². The van der Waals surface area contributed by atoms with Crippen molar-refractivity contribution in [2.24, 2.45) is 11.8 Å². The van der Waals surface area contributed by atoms with Gasteiger partial charge in [0, 0.05) is 5.39 Å². The molecule has 2 aromatic rings. The first-order chi connectivity index (χ1) is 9.29. The third kappa shape index (κ3) is 2.42. The molecule has 0 saturated heterocycles. The molecule has 2 nitrogen and oxygen atoms in total. The van der Waals surface area contributed by atoms with Gasteiger partial charge in [-0.05, 0) is 61.4 Å². The third-order valence-corrected chi connectivity index (χ3v) is 4.47. The summed E-state index contributed by atoms with van der Waals surface area (Å²) in [5.74, 6) is 1.49. The summed E-state index contributed by atoms with van der Waals surface area (Å²) in [6.07, 6.45) is 5.41. The molecule has 0 fully saturated rings. The summed E-state index contributed by atoms with van der Waals surface area (Å²) in [4.78, 5) is 0. The molecule has 2 atom stereocenters. The topological polar surface area (TPSA) is 25.2 Å². The maximum Gasteiger partial charge on any atom is 0.137 e. The van der Waals surface area contributed by atoms with Crippen molar-refractivity contribution in [1.29, 1.82) is 0 Å². The molecule has 0 saturated carbocycles. The maximum absolute atomic E-state index is 5.67. The maximum atomic E-state index is 5.67. The van der Waals surface area contributed by atoms with Crippen LogP contribution in [-0.4, -0.2) is 13.1 Å². The molecule has 19 heavy (non-hydrogen) atoms. The molecule has 1 aliphatic carbocycles. The van der Waals surface area contributed by atoms with E-state index < -0.39 is 0 Å². The van der Waals surface area contributed by atoms with Crippen LogP contribution in [-0.2, 0) is 12.8 Å². The van der Waals surface area contributed by atoms with Gasteiger partial charge < -0.3 is 9.73 Å². The molecule has 3 rings (SSSR count). The van der Waals surface area contributed by atoms with Gasteiger partial charge in [-0.1, -0.05) is 26.0 Å². The van der Waals surface area contributed by atoms with E-state index in [0.29, 0.717) is 0 Å². The highest BCUT2D eigenvalue weighted by Crippen LogP contribution is 2.36. The fourth-order valence-corrected chi connectivity index (χ4v) is 3.24. The summed E-state index contributed by atoms with van der Waals surface area (Å²) < 4.78 is 5.67. The quantitative estimate of drug-likeness (QED) is 0.825. The molecule has 1 heterocycles. The van der Waals surface area contributed by atoms with Crippen LogP contribution >= 0.6 is 0 Å². The lowest BCUT2D eigenvalue weighted by Crippen LogP contribution is -2.27. The molecular weight excluding hydrogens is 234 g/mol. The van der Waals surface area contributed by atoms with Crippen molar-refractivity contribution in [2.75, 3.05) is 13.1 Å². The Morgan fingerprint density at radius 3 is 3.05 bits per heavy atom. The molecule has 0 spiro atoms.